The van der Waals surface area contributed by atoms with E-state index in [1.54, 1.807) is 12.1 Å². The van der Waals surface area contributed by atoms with Crippen LogP contribution < -0.4 is 16.8 Å². The van der Waals surface area contributed by atoms with Gasteiger partial charge in [-0.1, -0.05) is 13.0 Å². The quantitative estimate of drug-likeness (QED) is 0.672. The van der Waals surface area contributed by atoms with Gasteiger partial charge in [-0.05, 0) is 30.4 Å². The summed E-state index contributed by atoms with van der Waals surface area (Å²) in [7, 11) is 0. The Labute approximate surface area is 95.0 Å². The number of amides is 1. The van der Waals surface area contributed by atoms with E-state index in [1.807, 2.05) is 6.07 Å². The predicted octanol–water partition coefficient (Wildman–Crippen LogP) is 1.58. The van der Waals surface area contributed by atoms with Crippen LogP contribution in [0.3, 0.4) is 0 Å². The molecule has 1 saturated carbocycles. The maximum Gasteiger partial charge on any atom is 0.250 e. The maximum atomic E-state index is 11.1. The highest BCUT2D eigenvalue weighted by Crippen LogP contribution is 2.45. The van der Waals surface area contributed by atoms with Gasteiger partial charge in [0, 0.05) is 6.54 Å². The highest BCUT2D eigenvalue weighted by Gasteiger charge is 2.36. The van der Waals surface area contributed by atoms with E-state index in [2.05, 4.69) is 12.2 Å². The molecule has 0 atom stereocenters. The normalized spacial score (nSPS) is 16.8. The largest absolute Gasteiger partial charge is 0.396 e. The van der Waals surface area contributed by atoms with Gasteiger partial charge in [-0.25, -0.2) is 0 Å². The number of rotatable bonds is 4. The maximum absolute atomic E-state index is 11.1. The van der Waals surface area contributed by atoms with Crippen LogP contribution in [0.25, 0.3) is 0 Å². The molecule has 1 amide bonds. The fourth-order valence-electron chi connectivity index (χ4n) is 1.63. The van der Waals surface area contributed by atoms with Crippen molar-refractivity contribution in [2.24, 2.45) is 11.1 Å². The number of nitrogens with one attached hydrogen (secondary N) is 1. The van der Waals surface area contributed by atoms with Crippen LogP contribution in [0.4, 0.5) is 11.4 Å². The number of nitrogen functional groups attached to an aromatic ring is 1. The van der Waals surface area contributed by atoms with E-state index >= 15 is 0 Å². The zero-order valence-electron chi connectivity index (χ0n) is 9.42. The monoisotopic (exact) mass is 219 g/mol. The molecule has 1 aromatic rings. The molecule has 2 rings (SSSR count). The number of anilines is 2. The topological polar surface area (TPSA) is 81.1 Å². The van der Waals surface area contributed by atoms with Gasteiger partial charge in [0.15, 0.2) is 0 Å². The molecule has 1 aliphatic rings. The highest BCUT2D eigenvalue weighted by atomic mass is 16.1. The third-order valence-corrected chi connectivity index (χ3v) is 3.18. The minimum atomic E-state index is -0.487. The Morgan fingerprint density at radius 3 is 2.75 bits per heavy atom. The van der Waals surface area contributed by atoms with Crippen LogP contribution in [0.2, 0.25) is 0 Å². The molecule has 0 saturated heterocycles. The molecular weight excluding hydrogens is 202 g/mol. The van der Waals surface area contributed by atoms with Crippen molar-refractivity contribution in [2.75, 3.05) is 17.6 Å². The first kappa shape index (κ1) is 10.8. The molecule has 4 heteroatoms. The van der Waals surface area contributed by atoms with Crippen molar-refractivity contribution in [2.45, 2.75) is 19.8 Å². The van der Waals surface area contributed by atoms with E-state index in [4.69, 9.17) is 11.5 Å². The number of para-hydroxylation sites is 1. The molecule has 1 aliphatic carbocycles. The van der Waals surface area contributed by atoms with Crippen LogP contribution in [0.15, 0.2) is 18.2 Å². The number of benzene rings is 1. The van der Waals surface area contributed by atoms with Crippen molar-refractivity contribution >= 4 is 17.3 Å². The molecule has 16 heavy (non-hydrogen) atoms. The zero-order chi connectivity index (χ0) is 11.8. The second-order valence-corrected chi connectivity index (χ2v) is 4.80. The number of carbonyl (C=O) groups is 1. The average molecular weight is 219 g/mol. The Balaban J connectivity index is 2.14. The minimum absolute atomic E-state index is 0.381. The van der Waals surface area contributed by atoms with Crippen LogP contribution in [0.5, 0.6) is 0 Å². The highest BCUT2D eigenvalue weighted by molar-refractivity contribution is 6.00. The van der Waals surface area contributed by atoms with Gasteiger partial charge >= 0.3 is 0 Å². The minimum Gasteiger partial charge on any atom is -0.396 e. The molecule has 0 radical (unpaired) electrons. The number of primary amides is 1. The molecule has 86 valence electrons. The summed E-state index contributed by atoms with van der Waals surface area (Å²) < 4.78 is 0. The van der Waals surface area contributed by atoms with Gasteiger partial charge < -0.3 is 16.8 Å². The summed E-state index contributed by atoms with van der Waals surface area (Å²) in [5.74, 6) is -0.487. The number of hydrogen-bond acceptors (Lipinski definition) is 3. The lowest BCUT2D eigenvalue weighted by atomic mass is 10.1. The molecule has 1 aromatic carbocycles. The molecular formula is C12H17N3O. The SMILES string of the molecule is CC1(CNc2cccc(C(N)=O)c2N)CC1. The zero-order valence-corrected chi connectivity index (χ0v) is 9.42. The smallest absolute Gasteiger partial charge is 0.250 e. The van der Waals surface area contributed by atoms with E-state index in [0.29, 0.717) is 16.7 Å². The lowest BCUT2D eigenvalue weighted by Crippen LogP contribution is -2.17. The van der Waals surface area contributed by atoms with E-state index in [9.17, 15) is 4.79 Å². The lowest BCUT2D eigenvalue weighted by molar-refractivity contribution is 0.100. The fraction of sp³-hybridized carbons (Fsp3) is 0.417. The van der Waals surface area contributed by atoms with Crippen molar-refractivity contribution in [3.63, 3.8) is 0 Å². The molecule has 0 aromatic heterocycles. The van der Waals surface area contributed by atoms with Crippen LogP contribution in [-0.2, 0) is 0 Å². The van der Waals surface area contributed by atoms with Crippen molar-refractivity contribution in [3.8, 4) is 0 Å². The third kappa shape index (κ3) is 2.10. The van der Waals surface area contributed by atoms with Gasteiger partial charge in [-0.2, -0.15) is 0 Å². The molecule has 0 aliphatic heterocycles. The third-order valence-electron chi connectivity index (χ3n) is 3.18. The molecule has 0 heterocycles. The summed E-state index contributed by atoms with van der Waals surface area (Å²) in [6.45, 7) is 3.12. The fourth-order valence-corrected chi connectivity index (χ4v) is 1.63. The summed E-state index contributed by atoms with van der Waals surface area (Å²) in [5.41, 5.74) is 13.1. The molecule has 0 unspecified atom stereocenters. The van der Waals surface area contributed by atoms with E-state index in [1.165, 1.54) is 12.8 Å². The van der Waals surface area contributed by atoms with Gasteiger partial charge in [-0.3, -0.25) is 4.79 Å². The Bertz CT molecular complexity index is 424. The predicted molar refractivity (Wildman–Crippen MR) is 65.2 cm³/mol. The first-order valence-electron chi connectivity index (χ1n) is 5.44. The van der Waals surface area contributed by atoms with Gasteiger partial charge in [0.1, 0.15) is 0 Å². The summed E-state index contributed by atoms with van der Waals surface area (Å²) >= 11 is 0. The lowest BCUT2D eigenvalue weighted by Gasteiger charge is -2.14. The molecule has 1 fully saturated rings. The second kappa shape index (κ2) is 3.70. The molecule has 0 spiro atoms. The van der Waals surface area contributed by atoms with Crippen LogP contribution in [-0.4, -0.2) is 12.5 Å². The second-order valence-electron chi connectivity index (χ2n) is 4.80. The summed E-state index contributed by atoms with van der Waals surface area (Å²) in [6, 6.07) is 5.29. The summed E-state index contributed by atoms with van der Waals surface area (Å²) in [6.07, 6.45) is 2.49. The van der Waals surface area contributed by atoms with Crippen LogP contribution in [0.1, 0.15) is 30.1 Å². The first-order chi connectivity index (χ1) is 7.52. The number of carbonyl (C=O) groups excluding carboxylic acids is 1. The van der Waals surface area contributed by atoms with Crippen molar-refractivity contribution in [1.82, 2.24) is 0 Å². The van der Waals surface area contributed by atoms with Crippen LogP contribution >= 0.6 is 0 Å². The summed E-state index contributed by atoms with van der Waals surface area (Å²) in [5, 5.41) is 3.28. The Kier molecular flexibility index (Phi) is 2.50. The van der Waals surface area contributed by atoms with E-state index in [0.717, 1.165) is 12.2 Å². The average Bonchev–Trinajstić information content (AvgIpc) is 2.95. The molecule has 4 nitrogen and oxygen atoms in total. The molecule has 5 N–H and O–H groups in total. The van der Waals surface area contributed by atoms with E-state index < -0.39 is 5.91 Å². The van der Waals surface area contributed by atoms with E-state index in [-0.39, 0.29) is 0 Å². The van der Waals surface area contributed by atoms with Gasteiger partial charge in [0.25, 0.3) is 5.91 Å². The van der Waals surface area contributed by atoms with Crippen molar-refractivity contribution in [1.29, 1.82) is 0 Å². The summed E-state index contributed by atoms with van der Waals surface area (Å²) in [4.78, 5) is 11.1. The Morgan fingerprint density at radius 2 is 2.19 bits per heavy atom. The Hall–Kier alpha value is -1.71. The van der Waals surface area contributed by atoms with Gasteiger partial charge in [0.05, 0.1) is 16.9 Å². The number of nitrogens with two attached hydrogens (primary N) is 2. The Morgan fingerprint density at radius 1 is 1.50 bits per heavy atom. The molecule has 0 bridgehead atoms. The van der Waals surface area contributed by atoms with Crippen LogP contribution in [0, 0.1) is 5.41 Å². The standard InChI is InChI=1S/C12H17N3O/c1-12(5-6-12)7-15-9-4-2-3-8(10(9)13)11(14)16/h2-4,15H,5-7,13H2,1H3,(H2,14,16). The van der Waals surface area contributed by atoms with Crippen molar-refractivity contribution in [3.05, 3.63) is 23.8 Å². The number of hydrogen-bond donors (Lipinski definition) is 3. The van der Waals surface area contributed by atoms with Gasteiger partial charge in [-0.15, -0.1) is 0 Å². The van der Waals surface area contributed by atoms with Gasteiger partial charge in [0.2, 0.25) is 0 Å². The van der Waals surface area contributed by atoms with Crippen molar-refractivity contribution < 1.29 is 4.79 Å². The first-order valence-corrected chi connectivity index (χ1v) is 5.44.